The second-order valence-corrected chi connectivity index (χ2v) is 16.2. The number of hydrogen-bond acceptors (Lipinski definition) is 4. The van der Waals surface area contributed by atoms with Crippen LogP contribution in [0.4, 0.5) is 0 Å². The van der Waals surface area contributed by atoms with E-state index >= 15 is 0 Å². The minimum Gasteiger partial charge on any atom is -0.456 e. The lowest BCUT2D eigenvalue weighted by molar-refractivity contribution is 0.668. The standard InChI is InChI=1S/C56H36N4O/c1-2-16-36-31-46-37(30-35(36)15-1)28-29-41(39-19-5-6-20-40(39)46)47-32-48-44-23-9-12-27-52(44)61-53(48)33-49(47)55-57-54(45-24-13-17-34-14-3-4-18-38(34)45)58-56(59-55)60-50-25-10-7-21-42(50)43-22-8-11-26-51(43)60/h1-27,30-33,41H,28-29H2. The first kappa shape index (κ1) is 34.0. The largest absolute Gasteiger partial charge is 0.456 e. The molecule has 0 N–H and O–H groups in total. The zero-order chi connectivity index (χ0) is 40.0. The monoisotopic (exact) mass is 780 g/mol. The van der Waals surface area contributed by atoms with Gasteiger partial charge in [-0.05, 0) is 98.6 Å². The summed E-state index contributed by atoms with van der Waals surface area (Å²) in [4.78, 5) is 16.4. The van der Waals surface area contributed by atoms with Crippen LogP contribution in [0, 0.1) is 0 Å². The highest BCUT2D eigenvalue weighted by Gasteiger charge is 2.29. The number of aromatic nitrogens is 4. The molecule has 0 saturated heterocycles. The van der Waals surface area contributed by atoms with Crippen LogP contribution in [-0.4, -0.2) is 19.5 Å². The van der Waals surface area contributed by atoms with Crippen LogP contribution in [0.2, 0.25) is 0 Å². The number of furan rings is 1. The van der Waals surface area contributed by atoms with Crippen molar-refractivity contribution in [2.75, 3.05) is 0 Å². The van der Waals surface area contributed by atoms with Gasteiger partial charge in [0.25, 0.3) is 0 Å². The van der Waals surface area contributed by atoms with Gasteiger partial charge in [-0.1, -0.05) is 152 Å². The maximum atomic E-state index is 6.66. The third-order valence-electron chi connectivity index (χ3n) is 12.9. The molecule has 1 aliphatic rings. The van der Waals surface area contributed by atoms with Crippen LogP contribution in [0.1, 0.15) is 29.0 Å². The number of nitrogens with zero attached hydrogens (tertiary/aromatic N) is 4. The summed E-state index contributed by atoms with van der Waals surface area (Å²) < 4.78 is 8.86. The summed E-state index contributed by atoms with van der Waals surface area (Å²) in [5, 5.41) is 9.23. The van der Waals surface area contributed by atoms with Crippen molar-refractivity contribution in [3.8, 4) is 39.9 Å². The summed E-state index contributed by atoms with van der Waals surface area (Å²) in [5.74, 6) is 1.84. The fraction of sp³-hybridized carbons (Fsp3) is 0.0536. The molecule has 0 spiro atoms. The van der Waals surface area contributed by atoms with Gasteiger partial charge < -0.3 is 4.42 Å². The van der Waals surface area contributed by atoms with Gasteiger partial charge >= 0.3 is 0 Å². The van der Waals surface area contributed by atoms with Crippen LogP contribution in [0.25, 0.3) is 105 Å². The predicted octanol–water partition coefficient (Wildman–Crippen LogP) is 14.3. The van der Waals surface area contributed by atoms with Crippen molar-refractivity contribution < 1.29 is 4.42 Å². The summed E-state index contributed by atoms with van der Waals surface area (Å²) >= 11 is 0. The van der Waals surface area contributed by atoms with Crippen molar-refractivity contribution in [3.05, 3.63) is 205 Å². The van der Waals surface area contributed by atoms with Gasteiger partial charge in [0.1, 0.15) is 11.2 Å². The molecule has 0 amide bonds. The van der Waals surface area contributed by atoms with Crippen molar-refractivity contribution in [2.24, 2.45) is 0 Å². The van der Waals surface area contributed by atoms with Gasteiger partial charge in [-0.15, -0.1) is 0 Å². The van der Waals surface area contributed by atoms with E-state index in [-0.39, 0.29) is 5.92 Å². The van der Waals surface area contributed by atoms with Gasteiger partial charge in [0.2, 0.25) is 5.95 Å². The van der Waals surface area contributed by atoms with Gasteiger partial charge in [-0.3, -0.25) is 4.57 Å². The quantitative estimate of drug-likeness (QED) is 0.178. The van der Waals surface area contributed by atoms with E-state index in [1.165, 1.54) is 38.6 Å². The van der Waals surface area contributed by atoms with E-state index in [1.54, 1.807) is 0 Å². The molecule has 1 atom stereocenters. The molecule has 1 unspecified atom stereocenters. The first-order valence-electron chi connectivity index (χ1n) is 21.0. The molecule has 3 aromatic heterocycles. The highest BCUT2D eigenvalue weighted by atomic mass is 16.3. The molecule has 61 heavy (non-hydrogen) atoms. The average Bonchev–Trinajstić information content (AvgIpc) is 3.81. The molecule has 0 aliphatic heterocycles. The van der Waals surface area contributed by atoms with Crippen molar-refractivity contribution in [3.63, 3.8) is 0 Å². The summed E-state index contributed by atoms with van der Waals surface area (Å²) in [6, 6.07) is 67.3. The molecule has 0 fully saturated rings. The molecule has 1 aliphatic carbocycles. The highest BCUT2D eigenvalue weighted by molar-refractivity contribution is 6.09. The topological polar surface area (TPSA) is 56.7 Å². The Hall–Kier alpha value is -7.89. The van der Waals surface area contributed by atoms with E-state index in [4.69, 9.17) is 19.4 Å². The van der Waals surface area contributed by atoms with Crippen LogP contribution in [0.5, 0.6) is 0 Å². The number of benzene rings is 9. The third-order valence-corrected chi connectivity index (χ3v) is 12.9. The van der Waals surface area contributed by atoms with E-state index in [1.807, 2.05) is 6.07 Å². The molecule has 5 nitrogen and oxygen atoms in total. The predicted molar refractivity (Wildman–Crippen MR) is 249 cm³/mol. The molecule has 286 valence electrons. The Kier molecular flexibility index (Phi) is 7.43. The molecule has 0 radical (unpaired) electrons. The van der Waals surface area contributed by atoms with Gasteiger partial charge in [0.15, 0.2) is 11.6 Å². The zero-order valence-electron chi connectivity index (χ0n) is 33.1. The lowest BCUT2D eigenvalue weighted by Crippen LogP contribution is -2.09. The molecular formula is C56H36N4O. The highest BCUT2D eigenvalue weighted by Crippen LogP contribution is 2.47. The normalized spacial score (nSPS) is 13.9. The number of aryl methyl sites for hydroxylation is 1. The summed E-state index contributed by atoms with van der Waals surface area (Å²) in [7, 11) is 0. The SMILES string of the molecule is c1ccc2c(c1)-c1cc3ccccc3cc1CCC2c1cc2c(cc1-c1nc(-c3cccc4ccccc34)nc(-n3c4ccccc4c4ccccc43)n1)oc1ccccc12. The summed E-state index contributed by atoms with van der Waals surface area (Å²) in [6.07, 6.45) is 1.84. The molecular weight excluding hydrogens is 745 g/mol. The van der Waals surface area contributed by atoms with Crippen molar-refractivity contribution in [1.82, 2.24) is 19.5 Å². The smallest absolute Gasteiger partial charge is 0.238 e. The van der Waals surface area contributed by atoms with Crippen molar-refractivity contribution in [1.29, 1.82) is 0 Å². The van der Waals surface area contributed by atoms with E-state index in [0.717, 1.165) is 78.5 Å². The molecule has 12 aromatic rings. The molecule has 13 rings (SSSR count). The number of rotatable bonds is 4. The second-order valence-electron chi connectivity index (χ2n) is 16.2. The van der Waals surface area contributed by atoms with Gasteiger partial charge in [0.05, 0.1) is 11.0 Å². The van der Waals surface area contributed by atoms with E-state index in [0.29, 0.717) is 17.6 Å². The second kappa shape index (κ2) is 13.3. The van der Waals surface area contributed by atoms with E-state index in [2.05, 4.69) is 187 Å². The summed E-state index contributed by atoms with van der Waals surface area (Å²) in [6.45, 7) is 0. The molecule has 0 bridgehead atoms. The van der Waals surface area contributed by atoms with Gasteiger partial charge in [0, 0.05) is 38.6 Å². The first-order chi connectivity index (χ1) is 30.2. The van der Waals surface area contributed by atoms with Gasteiger partial charge in [-0.2, -0.15) is 9.97 Å². The Balaban J connectivity index is 1.12. The number of para-hydroxylation sites is 3. The maximum Gasteiger partial charge on any atom is 0.238 e. The number of hydrogen-bond donors (Lipinski definition) is 0. The molecule has 9 aromatic carbocycles. The van der Waals surface area contributed by atoms with Crippen molar-refractivity contribution >= 4 is 65.3 Å². The Morgan fingerprint density at radius 3 is 1.82 bits per heavy atom. The Labute approximate surface area is 351 Å². The fourth-order valence-electron chi connectivity index (χ4n) is 10.1. The van der Waals surface area contributed by atoms with Crippen LogP contribution in [-0.2, 0) is 6.42 Å². The molecule has 3 heterocycles. The minimum atomic E-state index is 0.0363. The van der Waals surface area contributed by atoms with Crippen LogP contribution in [0.15, 0.2) is 192 Å². The summed E-state index contributed by atoms with van der Waals surface area (Å²) in [5.41, 5.74) is 12.1. The minimum absolute atomic E-state index is 0.0363. The third kappa shape index (κ3) is 5.30. The van der Waals surface area contributed by atoms with E-state index < -0.39 is 0 Å². The first-order valence-corrected chi connectivity index (χ1v) is 21.0. The average molecular weight is 781 g/mol. The lowest BCUT2D eigenvalue weighted by atomic mass is 9.82. The molecule has 5 heteroatoms. The van der Waals surface area contributed by atoms with Crippen LogP contribution < -0.4 is 0 Å². The molecule has 0 saturated carbocycles. The van der Waals surface area contributed by atoms with Crippen LogP contribution >= 0.6 is 0 Å². The maximum absolute atomic E-state index is 6.66. The van der Waals surface area contributed by atoms with Crippen molar-refractivity contribution in [2.45, 2.75) is 18.8 Å². The van der Waals surface area contributed by atoms with E-state index in [9.17, 15) is 0 Å². The fourth-order valence-corrected chi connectivity index (χ4v) is 10.1. The van der Waals surface area contributed by atoms with Gasteiger partial charge in [-0.25, -0.2) is 4.98 Å². The number of fused-ring (bicyclic) bond motifs is 11. The Bertz CT molecular complexity index is 3690. The lowest BCUT2D eigenvalue weighted by Gasteiger charge is -2.22. The van der Waals surface area contributed by atoms with Crippen LogP contribution in [0.3, 0.4) is 0 Å². The Morgan fingerprint density at radius 2 is 1.02 bits per heavy atom. The Morgan fingerprint density at radius 1 is 0.410 bits per heavy atom. The zero-order valence-corrected chi connectivity index (χ0v) is 33.1.